The third-order valence-corrected chi connectivity index (χ3v) is 5.43. The van der Waals surface area contributed by atoms with Crippen molar-refractivity contribution in [2.45, 2.75) is 70.8 Å². The van der Waals surface area contributed by atoms with Gasteiger partial charge in [0.05, 0.1) is 12.2 Å². The second-order valence-electron chi connectivity index (χ2n) is 7.22. The molecule has 0 aromatic carbocycles. The zero-order valence-corrected chi connectivity index (χ0v) is 14.4. The van der Waals surface area contributed by atoms with Gasteiger partial charge in [0.2, 0.25) is 0 Å². The molecule has 5 nitrogen and oxygen atoms in total. The van der Waals surface area contributed by atoms with E-state index >= 15 is 0 Å². The zero-order chi connectivity index (χ0) is 16.1. The topological polar surface area (TPSA) is 61.0 Å². The Kier molecular flexibility index (Phi) is 5.57. The molecule has 3 rings (SSSR count). The van der Waals surface area contributed by atoms with Gasteiger partial charge in [0, 0.05) is 19.3 Å². The summed E-state index contributed by atoms with van der Waals surface area (Å²) in [5, 5.41) is 10.7. The lowest BCUT2D eigenvalue weighted by Gasteiger charge is -2.18. The highest BCUT2D eigenvalue weighted by atomic mass is 16.2. The predicted molar refractivity (Wildman–Crippen MR) is 91.3 cm³/mol. The number of nitrogens with zero attached hydrogens (tertiary/aromatic N) is 2. The second kappa shape index (κ2) is 7.84. The second-order valence-corrected chi connectivity index (χ2v) is 7.22. The Morgan fingerprint density at radius 1 is 1.22 bits per heavy atom. The van der Waals surface area contributed by atoms with Crippen LogP contribution in [0, 0.1) is 5.92 Å². The number of carbonyl (C=O) groups is 1. The number of nitrogens with one attached hydrogen (secondary N) is 2. The van der Waals surface area contributed by atoms with Crippen LogP contribution in [0.25, 0.3) is 0 Å². The quantitative estimate of drug-likeness (QED) is 0.817. The number of hydrogen-bond acceptors (Lipinski definition) is 2. The third-order valence-electron chi connectivity index (χ3n) is 5.43. The van der Waals surface area contributed by atoms with Gasteiger partial charge < -0.3 is 10.2 Å². The van der Waals surface area contributed by atoms with Crippen LogP contribution in [-0.4, -0.2) is 34.7 Å². The zero-order valence-electron chi connectivity index (χ0n) is 14.4. The largest absolute Gasteiger partial charge is 0.338 e. The molecule has 0 unspecified atom stereocenters. The van der Waals surface area contributed by atoms with E-state index in [9.17, 15) is 4.79 Å². The van der Waals surface area contributed by atoms with Crippen LogP contribution in [0.3, 0.4) is 0 Å². The van der Waals surface area contributed by atoms with Crippen molar-refractivity contribution in [2.24, 2.45) is 5.92 Å². The molecule has 0 radical (unpaired) electrons. The maximum absolute atomic E-state index is 12.3. The maximum atomic E-state index is 12.3. The van der Waals surface area contributed by atoms with Crippen LogP contribution in [0.4, 0.5) is 4.79 Å². The van der Waals surface area contributed by atoms with Crippen molar-refractivity contribution in [3.05, 3.63) is 17.0 Å². The van der Waals surface area contributed by atoms with Crippen LogP contribution in [0.2, 0.25) is 0 Å². The third kappa shape index (κ3) is 4.27. The van der Waals surface area contributed by atoms with E-state index in [0.717, 1.165) is 37.4 Å². The highest BCUT2D eigenvalue weighted by Crippen LogP contribution is 2.27. The average molecular weight is 318 g/mol. The fraction of sp³-hybridized carbons (Fsp3) is 0.778. The van der Waals surface area contributed by atoms with Crippen LogP contribution in [0.1, 0.15) is 68.3 Å². The molecule has 2 aliphatic rings. The molecule has 1 aromatic rings. The molecule has 128 valence electrons. The summed E-state index contributed by atoms with van der Waals surface area (Å²) in [7, 11) is 1.86. The lowest BCUT2D eigenvalue weighted by atomic mass is 10.0. The van der Waals surface area contributed by atoms with Gasteiger partial charge in [-0.2, -0.15) is 5.10 Å². The summed E-state index contributed by atoms with van der Waals surface area (Å²) in [6, 6.07) is 0.0216. The van der Waals surface area contributed by atoms with E-state index in [-0.39, 0.29) is 6.03 Å². The first kappa shape index (κ1) is 16.3. The van der Waals surface area contributed by atoms with E-state index in [1.54, 1.807) is 4.90 Å². The molecule has 23 heavy (non-hydrogen) atoms. The molecule has 5 heteroatoms. The average Bonchev–Trinajstić information content (AvgIpc) is 3.12. The minimum absolute atomic E-state index is 0.0216. The Morgan fingerprint density at radius 2 is 2.00 bits per heavy atom. The van der Waals surface area contributed by atoms with E-state index in [2.05, 4.69) is 15.5 Å². The monoisotopic (exact) mass is 318 g/mol. The summed E-state index contributed by atoms with van der Waals surface area (Å²) in [5.74, 6) is 0.822. The molecule has 0 spiro atoms. The summed E-state index contributed by atoms with van der Waals surface area (Å²) < 4.78 is 0. The smallest absolute Gasteiger partial charge is 0.317 e. The van der Waals surface area contributed by atoms with Crippen LogP contribution >= 0.6 is 0 Å². The molecule has 2 aliphatic carbocycles. The molecule has 1 aromatic heterocycles. The highest BCUT2D eigenvalue weighted by Gasteiger charge is 2.19. The Bertz CT molecular complexity index is 519. The molecule has 0 aliphatic heterocycles. The number of amides is 2. The van der Waals surface area contributed by atoms with Crippen LogP contribution in [-0.2, 0) is 19.4 Å². The van der Waals surface area contributed by atoms with Gasteiger partial charge in [0.15, 0.2) is 0 Å². The van der Waals surface area contributed by atoms with Gasteiger partial charge in [0.25, 0.3) is 0 Å². The number of carbonyl (C=O) groups excluding carboxylic acids is 1. The van der Waals surface area contributed by atoms with Gasteiger partial charge in [-0.15, -0.1) is 0 Å². The lowest BCUT2D eigenvalue weighted by Crippen LogP contribution is -2.37. The number of hydrogen-bond donors (Lipinski definition) is 2. The first-order chi connectivity index (χ1) is 11.2. The van der Waals surface area contributed by atoms with E-state index in [4.69, 9.17) is 0 Å². The first-order valence-corrected chi connectivity index (χ1v) is 9.28. The van der Waals surface area contributed by atoms with Crippen molar-refractivity contribution in [1.29, 1.82) is 0 Å². The number of H-pyrrole nitrogens is 1. The Balaban J connectivity index is 1.47. The van der Waals surface area contributed by atoms with Gasteiger partial charge in [-0.25, -0.2) is 4.79 Å². The van der Waals surface area contributed by atoms with Crippen molar-refractivity contribution >= 4 is 6.03 Å². The molecule has 1 fully saturated rings. The van der Waals surface area contributed by atoms with Crippen molar-refractivity contribution < 1.29 is 4.79 Å². The van der Waals surface area contributed by atoms with Gasteiger partial charge in [-0.05, 0) is 43.6 Å². The molecule has 0 atom stereocenters. The van der Waals surface area contributed by atoms with Crippen molar-refractivity contribution in [1.82, 2.24) is 20.4 Å². The summed E-state index contributed by atoms with van der Waals surface area (Å²) >= 11 is 0. The van der Waals surface area contributed by atoms with Gasteiger partial charge in [-0.3, -0.25) is 5.10 Å². The van der Waals surface area contributed by atoms with Crippen molar-refractivity contribution in [3.63, 3.8) is 0 Å². The number of rotatable bonds is 5. The number of aryl methyl sites for hydroxylation is 1. The summed E-state index contributed by atoms with van der Waals surface area (Å²) in [5.41, 5.74) is 3.69. The van der Waals surface area contributed by atoms with Crippen LogP contribution in [0.5, 0.6) is 0 Å². The molecular weight excluding hydrogens is 288 g/mol. The van der Waals surface area contributed by atoms with E-state index < -0.39 is 0 Å². The van der Waals surface area contributed by atoms with E-state index in [1.807, 2.05) is 7.05 Å². The van der Waals surface area contributed by atoms with E-state index in [0.29, 0.717) is 6.54 Å². The number of aromatic amines is 1. The summed E-state index contributed by atoms with van der Waals surface area (Å²) in [6.07, 6.45) is 12.5. The van der Waals surface area contributed by atoms with Gasteiger partial charge in [-0.1, -0.05) is 32.1 Å². The van der Waals surface area contributed by atoms with Crippen molar-refractivity contribution in [2.75, 3.05) is 13.6 Å². The minimum Gasteiger partial charge on any atom is -0.338 e. The fourth-order valence-electron chi connectivity index (χ4n) is 3.97. The normalized spacial score (nSPS) is 18.5. The number of fused-ring (bicyclic) bond motifs is 1. The maximum Gasteiger partial charge on any atom is 0.317 e. The lowest BCUT2D eigenvalue weighted by molar-refractivity contribution is 0.205. The summed E-state index contributed by atoms with van der Waals surface area (Å²) in [4.78, 5) is 14.0. The van der Waals surface area contributed by atoms with Gasteiger partial charge >= 0.3 is 6.03 Å². The molecular formula is C18H30N4O. The van der Waals surface area contributed by atoms with Crippen molar-refractivity contribution in [3.8, 4) is 0 Å². The first-order valence-electron chi connectivity index (χ1n) is 9.28. The molecule has 0 bridgehead atoms. The van der Waals surface area contributed by atoms with Gasteiger partial charge in [0.1, 0.15) is 0 Å². The van der Waals surface area contributed by atoms with Crippen LogP contribution in [0.15, 0.2) is 0 Å². The fourth-order valence-corrected chi connectivity index (χ4v) is 3.97. The molecule has 2 N–H and O–H groups in total. The predicted octanol–water partition coefficient (Wildman–Crippen LogP) is 3.40. The Morgan fingerprint density at radius 3 is 2.83 bits per heavy atom. The number of urea groups is 1. The SMILES string of the molecule is CN(Cc1n[nH]c2c1CCCCC2)C(=O)NCCC1CCCC1. The minimum atomic E-state index is 0.0216. The molecule has 0 saturated heterocycles. The molecule has 2 amide bonds. The summed E-state index contributed by atoms with van der Waals surface area (Å²) in [6.45, 7) is 1.40. The Hall–Kier alpha value is -1.52. The van der Waals surface area contributed by atoms with Crippen LogP contribution < -0.4 is 5.32 Å². The van der Waals surface area contributed by atoms with E-state index in [1.165, 1.54) is 56.2 Å². The standard InChI is InChI=1S/C18H30N4O/c1-22(18(23)19-12-11-14-7-5-6-8-14)13-17-15-9-3-2-4-10-16(15)20-21-17/h14H,2-13H2,1H3,(H,19,23)(H,20,21). The molecule has 1 heterocycles. The Labute approximate surface area is 139 Å². The number of aromatic nitrogens is 2. The highest BCUT2D eigenvalue weighted by molar-refractivity contribution is 5.73. The molecule has 1 saturated carbocycles.